The quantitative estimate of drug-likeness (QED) is 0.635. The van der Waals surface area contributed by atoms with Gasteiger partial charge in [0.1, 0.15) is 5.25 Å². The summed E-state index contributed by atoms with van der Waals surface area (Å²) in [4.78, 5) is 32.9. The molecule has 1 aromatic rings. The van der Waals surface area contributed by atoms with Crippen LogP contribution in [0.3, 0.4) is 0 Å². The van der Waals surface area contributed by atoms with Gasteiger partial charge in [-0.1, -0.05) is 61.9 Å². The maximum atomic E-state index is 13.3. The molecule has 1 atom stereocenters. The molecule has 1 aliphatic heterocycles. The Morgan fingerprint density at radius 3 is 2.33 bits per heavy atom. The van der Waals surface area contributed by atoms with Gasteiger partial charge in [0, 0.05) is 23.2 Å². The van der Waals surface area contributed by atoms with Crippen molar-refractivity contribution in [2.75, 3.05) is 5.32 Å². The van der Waals surface area contributed by atoms with Gasteiger partial charge in [-0.3, -0.25) is 19.5 Å². The normalized spacial score (nSPS) is 25.1. The first-order chi connectivity index (χ1) is 14.6. The molecule has 0 spiro atoms. The van der Waals surface area contributed by atoms with Crippen LogP contribution < -0.4 is 5.32 Å². The third-order valence-electron chi connectivity index (χ3n) is 6.27. The topological polar surface area (TPSA) is 61.8 Å². The Balaban J connectivity index is 1.46. The Hall–Kier alpha value is -1.53. The van der Waals surface area contributed by atoms with Crippen LogP contribution in [0.15, 0.2) is 29.3 Å². The van der Waals surface area contributed by atoms with Crippen molar-refractivity contribution in [3.05, 3.63) is 29.3 Å². The van der Waals surface area contributed by atoms with Crippen molar-refractivity contribution in [2.45, 2.75) is 88.0 Å². The van der Waals surface area contributed by atoms with E-state index in [1.54, 1.807) is 24.3 Å². The summed E-state index contributed by atoms with van der Waals surface area (Å²) in [5, 5.41) is 3.99. The maximum absolute atomic E-state index is 13.3. The molecule has 1 saturated heterocycles. The fourth-order valence-corrected chi connectivity index (χ4v) is 6.05. The Morgan fingerprint density at radius 2 is 1.67 bits per heavy atom. The summed E-state index contributed by atoms with van der Waals surface area (Å²) in [6, 6.07) is 7.59. The van der Waals surface area contributed by atoms with Crippen molar-refractivity contribution in [3.8, 4) is 0 Å². The van der Waals surface area contributed by atoms with Crippen molar-refractivity contribution < 1.29 is 9.59 Å². The smallest absolute Gasteiger partial charge is 0.242 e. The number of benzene rings is 1. The first kappa shape index (κ1) is 21.7. The SMILES string of the molecule is O=C(CC1SC(=NC2CCCCC2)N(C2CCCCC2)C1=O)Nc1ccc(Cl)cc1. The highest BCUT2D eigenvalue weighted by Gasteiger charge is 2.43. The summed E-state index contributed by atoms with van der Waals surface area (Å²) in [5.74, 6) is -0.0848. The van der Waals surface area contributed by atoms with Crippen LogP contribution in [0, 0.1) is 0 Å². The lowest BCUT2D eigenvalue weighted by atomic mass is 9.94. The third kappa shape index (κ3) is 5.38. The van der Waals surface area contributed by atoms with E-state index in [0.717, 1.165) is 43.7 Å². The molecular weight excluding hydrogens is 418 g/mol. The molecule has 0 aromatic heterocycles. The van der Waals surface area contributed by atoms with Crippen LogP contribution >= 0.6 is 23.4 Å². The van der Waals surface area contributed by atoms with Crippen LogP contribution in [-0.2, 0) is 9.59 Å². The summed E-state index contributed by atoms with van der Waals surface area (Å²) in [6.07, 6.45) is 11.8. The number of halogens is 1. The second-order valence-corrected chi connectivity index (χ2v) is 10.2. The Kier molecular flexibility index (Phi) is 7.37. The number of anilines is 1. The van der Waals surface area contributed by atoms with Gasteiger partial charge in [-0.2, -0.15) is 0 Å². The van der Waals surface area contributed by atoms with E-state index in [1.165, 1.54) is 37.4 Å². The van der Waals surface area contributed by atoms with E-state index in [4.69, 9.17) is 16.6 Å². The van der Waals surface area contributed by atoms with E-state index in [9.17, 15) is 9.59 Å². The lowest BCUT2D eigenvalue weighted by Crippen LogP contribution is -2.43. The van der Waals surface area contributed by atoms with E-state index < -0.39 is 0 Å². The number of nitrogens with zero attached hydrogens (tertiary/aromatic N) is 2. The third-order valence-corrected chi connectivity index (χ3v) is 7.69. The average Bonchev–Trinajstić information content (AvgIpc) is 3.05. The number of hydrogen-bond acceptors (Lipinski definition) is 4. The van der Waals surface area contributed by atoms with Crippen LogP contribution in [-0.4, -0.2) is 39.2 Å². The molecule has 2 aliphatic carbocycles. The summed E-state index contributed by atoms with van der Waals surface area (Å²) in [7, 11) is 0. The van der Waals surface area contributed by atoms with Gasteiger partial charge in [0.15, 0.2) is 5.17 Å². The molecular formula is C23H30ClN3O2S. The standard InChI is InChI=1S/C23H30ClN3O2S/c24-16-11-13-18(14-12-16)25-21(28)15-20-22(29)27(19-9-5-2-6-10-19)23(30-20)26-17-7-3-1-4-8-17/h11-14,17,19-20H,1-10,15H2,(H,25,28). The monoisotopic (exact) mass is 447 g/mol. The van der Waals surface area contributed by atoms with Crippen LogP contribution in [0.25, 0.3) is 0 Å². The zero-order chi connectivity index (χ0) is 20.9. The van der Waals surface area contributed by atoms with Gasteiger partial charge >= 0.3 is 0 Å². The van der Waals surface area contributed by atoms with Crippen LogP contribution in [0.5, 0.6) is 0 Å². The summed E-state index contributed by atoms with van der Waals surface area (Å²) in [5.41, 5.74) is 0.695. The zero-order valence-electron chi connectivity index (χ0n) is 17.3. The number of amidine groups is 1. The molecule has 1 heterocycles. The molecule has 1 unspecified atom stereocenters. The Morgan fingerprint density at radius 1 is 1.03 bits per heavy atom. The molecule has 2 saturated carbocycles. The predicted molar refractivity (Wildman–Crippen MR) is 124 cm³/mol. The number of rotatable bonds is 5. The zero-order valence-corrected chi connectivity index (χ0v) is 18.9. The van der Waals surface area contributed by atoms with Gasteiger partial charge in [-0.25, -0.2) is 0 Å². The summed E-state index contributed by atoms with van der Waals surface area (Å²) in [6.45, 7) is 0. The van der Waals surface area contributed by atoms with E-state index >= 15 is 0 Å². The fourth-order valence-electron chi connectivity index (χ4n) is 4.66. The summed E-state index contributed by atoms with van der Waals surface area (Å²) >= 11 is 7.41. The first-order valence-electron chi connectivity index (χ1n) is 11.2. The van der Waals surface area contributed by atoms with E-state index in [-0.39, 0.29) is 29.5 Å². The molecule has 0 bridgehead atoms. The minimum atomic E-state index is -0.387. The lowest BCUT2D eigenvalue weighted by molar-refractivity contribution is -0.130. The highest BCUT2D eigenvalue weighted by Crippen LogP contribution is 2.36. The van der Waals surface area contributed by atoms with Crippen molar-refractivity contribution in [1.82, 2.24) is 4.90 Å². The molecule has 3 aliphatic rings. The van der Waals surface area contributed by atoms with Crippen molar-refractivity contribution in [3.63, 3.8) is 0 Å². The maximum Gasteiger partial charge on any atom is 0.242 e. The molecule has 1 N–H and O–H groups in total. The van der Waals surface area contributed by atoms with Gasteiger partial charge in [-0.15, -0.1) is 0 Å². The Bertz CT molecular complexity index is 786. The second kappa shape index (κ2) is 10.2. The number of thioether (sulfide) groups is 1. The molecule has 7 heteroatoms. The van der Waals surface area contributed by atoms with Gasteiger partial charge in [0.25, 0.3) is 0 Å². The van der Waals surface area contributed by atoms with Crippen LogP contribution in [0.4, 0.5) is 5.69 Å². The number of aliphatic imine (C=N–C) groups is 1. The average molecular weight is 448 g/mol. The van der Waals surface area contributed by atoms with Crippen molar-refractivity contribution in [1.29, 1.82) is 0 Å². The predicted octanol–water partition coefficient (Wildman–Crippen LogP) is 5.63. The lowest BCUT2D eigenvalue weighted by Gasteiger charge is -2.31. The Labute approximate surface area is 188 Å². The van der Waals surface area contributed by atoms with Crippen molar-refractivity contribution in [2.24, 2.45) is 4.99 Å². The highest BCUT2D eigenvalue weighted by molar-refractivity contribution is 8.15. The van der Waals surface area contributed by atoms with E-state index in [2.05, 4.69) is 5.32 Å². The molecule has 0 radical (unpaired) electrons. The minimum absolute atomic E-state index is 0.0627. The van der Waals surface area contributed by atoms with Crippen LogP contribution in [0.1, 0.15) is 70.6 Å². The fraction of sp³-hybridized carbons (Fsp3) is 0.609. The molecule has 162 valence electrons. The number of amides is 2. The van der Waals surface area contributed by atoms with Gasteiger partial charge in [-0.05, 0) is 49.9 Å². The molecule has 2 amide bonds. The van der Waals surface area contributed by atoms with Crippen molar-refractivity contribution >= 4 is 46.0 Å². The molecule has 4 rings (SSSR count). The summed E-state index contributed by atoms with van der Waals surface area (Å²) < 4.78 is 0. The largest absolute Gasteiger partial charge is 0.326 e. The van der Waals surface area contributed by atoms with Gasteiger partial charge < -0.3 is 5.32 Å². The number of carbonyl (C=O) groups is 2. The van der Waals surface area contributed by atoms with Crippen LogP contribution in [0.2, 0.25) is 5.02 Å². The number of carbonyl (C=O) groups excluding carboxylic acids is 2. The molecule has 1 aromatic carbocycles. The second-order valence-electron chi connectivity index (χ2n) is 8.57. The molecule has 5 nitrogen and oxygen atoms in total. The van der Waals surface area contributed by atoms with Gasteiger partial charge in [0.05, 0.1) is 6.04 Å². The number of nitrogens with one attached hydrogen (secondary N) is 1. The first-order valence-corrected chi connectivity index (χ1v) is 12.5. The minimum Gasteiger partial charge on any atom is -0.326 e. The molecule has 30 heavy (non-hydrogen) atoms. The molecule has 3 fully saturated rings. The van der Waals surface area contributed by atoms with E-state index in [0.29, 0.717) is 16.8 Å². The van der Waals surface area contributed by atoms with E-state index in [1.807, 2.05) is 4.90 Å². The van der Waals surface area contributed by atoms with Gasteiger partial charge in [0.2, 0.25) is 11.8 Å². The highest BCUT2D eigenvalue weighted by atomic mass is 35.5. The number of hydrogen-bond donors (Lipinski definition) is 1.